The molecule has 0 unspecified atom stereocenters. The number of aryl methyl sites for hydroxylation is 1. The van der Waals surface area contributed by atoms with Gasteiger partial charge < -0.3 is 5.11 Å². The van der Waals surface area contributed by atoms with E-state index < -0.39 is 5.97 Å². The SMILES string of the molecule is Cc1cc(C(=CC(=O)O)C2CC2)ccc1F. The first-order valence-electron chi connectivity index (χ1n) is 5.29. The van der Waals surface area contributed by atoms with Gasteiger partial charge in [-0.1, -0.05) is 6.07 Å². The zero-order valence-electron chi connectivity index (χ0n) is 9.03. The van der Waals surface area contributed by atoms with Gasteiger partial charge >= 0.3 is 5.97 Å². The van der Waals surface area contributed by atoms with E-state index in [4.69, 9.17) is 5.11 Å². The number of rotatable bonds is 3. The van der Waals surface area contributed by atoms with Gasteiger partial charge in [0, 0.05) is 6.08 Å². The molecule has 0 atom stereocenters. The Hall–Kier alpha value is -1.64. The smallest absolute Gasteiger partial charge is 0.328 e. The number of aliphatic carboxylic acids is 1. The Morgan fingerprint density at radius 3 is 2.69 bits per heavy atom. The highest BCUT2D eigenvalue weighted by Gasteiger charge is 2.27. The molecule has 0 heterocycles. The molecule has 1 saturated carbocycles. The van der Waals surface area contributed by atoms with Crippen LogP contribution in [0.4, 0.5) is 4.39 Å². The van der Waals surface area contributed by atoms with Gasteiger partial charge in [-0.3, -0.25) is 0 Å². The number of halogens is 1. The first kappa shape index (κ1) is 10.9. The van der Waals surface area contributed by atoms with Crippen molar-refractivity contribution in [3.05, 3.63) is 41.2 Å². The average Bonchev–Trinajstić information content (AvgIpc) is 3.02. The van der Waals surface area contributed by atoms with Crippen LogP contribution in [0.3, 0.4) is 0 Å². The van der Waals surface area contributed by atoms with Crippen molar-refractivity contribution in [1.29, 1.82) is 0 Å². The number of carboxylic acids is 1. The largest absolute Gasteiger partial charge is 0.478 e. The van der Waals surface area contributed by atoms with Crippen LogP contribution in [0.1, 0.15) is 24.0 Å². The zero-order valence-corrected chi connectivity index (χ0v) is 9.03. The van der Waals surface area contributed by atoms with Crippen molar-refractivity contribution >= 4 is 11.5 Å². The molecule has 0 bridgehead atoms. The monoisotopic (exact) mass is 220 g/mol. The van der Waals surface area contributed by atoms with Gasteiger partial charge in [-0.15, -0.1) is 0 Å². The Balaban J connectivity index is 2.39. The third kappa shape index (κ3) is 2.30. The molecule has 0 saturated heterocycles. The van der Waals surface area contributed by atoms with Gasteiger partial charge in [0.05, 0.1) is 0 Å². The summed E-state index contributed by atoms with van der Waals surface area (Å²) in [4.78, 5) is 10.7. The molecule has 0 aromatic heterocycles. The number of hydrogen-bond donors (Lipinski definition) is 1. The van der Waals surface area contributed by atoms with Crippen LogP contribution in [0.25, 0.3) is 5.57 Å². The topological polar surface area (TPSA) is 37.3 Å². The molecule has 1 fully saturated rings. The Kier molecular flexibility index (Phi) is 2.77. The second-order valence-electron chi connectivity index (χ2n) is 4.18. The van der Waals surface area contributed by atoms with Crippen LogP contribution >= 0.6 is 0 Å². The minimum Gasteiger partial charge on any atom is -0.478 e. The van der Waals surface area contributed by atoms with Crippen LogP contribution in [-0.2, 0) is 4.79 Å². The van der Waals surface area contributed by atoms with E-state index in [0.717, 1.165) is 24.0 Å². The van der Waals surface area contributed by atoms with Crippen molar-refractivity contribution < 1.29 is 14.3 Å². The highest BCUT2D eigenvalue weighted by atomic mass is 19.1. The normalized spacial score (nSPS) is 16.2. The quantitative estimate of drug-likeness (QED) is 0.795. The van der Waals surface area contributed by atoms with E-state index in [1.54, 1.807) is 19.1 Å². The maximum atomic E-state index is 13.1. The average molecular weight is 220 g/mol. The summed E-state index contributed by atoms with van der Waals surface area (Å²) in [5.41, 5.74) is 2.19. The summed E-state index contributed by atoms with van der Waals surface area (Å²) in [5.74, 6) is -0.862. The number of carbonyl (C=O) groups is 1. The Morgan fingerprint density at radius 1 is 1.50 bits per heavy atom. The van der Waals surface area contributed by atoms with Gasteiger partial charge in [-0.2, -0.15) is 0 Å². The van der Waals surface area contributed by atoms with Crippen LogP contribution in [-0.4, -0.2) is 11.1 Å². The molecular formula is C13H13FO2. The lowest BCUT2D eigenvalue weighted by Crippen LogP contribution is -1.95. The summed E-state index contributed by atoms with van der Waals surface area (Å²) in [5, 5.41) is 8.80. The predicted octanol–water partition coefficient (Wildman–Crippen LogP) is 3.01. The van der Waals surface area contributed by atoms with Gasteiger partial charge in [0.25, 0.3) is 0 Å². The highest BCUT2D eigenvalue weighted by molar-refractivity contribution is 5.91. The van der Waals surface area contributed by atoms with E-state index in [-0.39, 0.29) is 5.82 Å². The molecule has 0 radical (unpaired) electrons. The van der Waals surface area contributed by atoms with Gasteiger partial charge in [0.15, 0.2) is 0 Å². The molecule has 2 nitrogen and oxygen atoms in total. The molecule has 1 aliphatic rings. The lowest BCUT2D eigenvalue weighted by Gasteiger charge is -2.07. The predicted molar refractivity (Wildman–Crippen MR) is 59.5 cm³/mol. The molecular weight excluding hydrogens is 207 g/mol. The van der Waals surface area contributed by atoms with Crippen molar-refractivity contribution in [1.82, 2.24) is 0 Å². The van der Waals surface area contributed by atoms with Crippen molar-refractivity contribution in [3.8, 4) is 0 Å². The minimum atomic E-state index is -0.941. The summed E-state index contributed by atoms with van der Waals surface area (Å²) in [6.45, 7) is 1.68. The lowest BCUT2D eigenvalue weighted by molar-refractivity contribution is -0.131. The maximum Gasteiger partial charge on any atom is 0.328 e. The van der Waals surface area contributed by atoms with Crippen molar-refractivity contribution in [2.24, 2.45) is 5.92 Å². The van der Waals surface area contributed by atoms with E-state index in [0.29, 0.717) is 11.5 Å². The summed E-state index contributed by atoms with van der Waals surface area (Å²) in [6.07, 6.45) is 3.29. The first-order chi connectivity index (χ1) is 7.58. The van der Waals surface area contributed by atoms with Gasteiger partial charge in [-0.05, 0) is 54.5 Å². The molecule has 0 aliphatic heterocycles. The van der Waals surface area contributed by atoms with Crippen LogP contribution in [0, 0.1) is 18.7 Å². The van der Waals surface area contributed by atoms with Crippen LogP contribution < -0.4 is 0 Å². The maximum absolute atomic E-state index is 13.1. The Labute approximate surface area is 93.4 Å². The summed E-state index contributed by atoms with van der Waals surface area (Å²) in [7, 11) is 0. The number of allylic oxidation sites excluding steroid dienone is 1. The molecule has 1 aliphatic carbocycles. The van der Waals surface area contributed by atoms with E-state index >= 15 is 0 Å². The summed E-state index contributed by atoms with van der Waals surface area (Å²) in [6, 6.07) is 4.75. The second kappa shape index (κ2) is 4.08. The first-order valence-corrected chi connectivity index (χ1v) is 5.29. The fourth-order valence-corrected chi connectivity index (χ4v) is 1.79. The molecule has 0 spiro atoms. The second-order valence-corrected chi connectivity index (χ2v) is 4.18. The molecule has 16 heavy (non-hydrogen) atoms. The van der Waals surface area contributed by atoms with E-state index in [9.17, 15) is 9.18 Å². The van der Waals surface area contributed by atoms with Crippen molar-refractivity contribution in [2.45, 2.75) is 19.8 Å². The van der Waals surface area contributed by atoms with Gasteiger partial charge in [0.2, 0.25) is 0 Å². The van der Waals surface area contributed by atoms with E-state index in [2.05, 4.69) is 0 Å². The number of carboxylic acid groups (broad SMARTS) is 1. The van der Waals surface area contributed by atoms with Crippen LogP contribution in [0.5, 0.6) is 0 Å². The van der Waals surface area contributed by atoms with Crippen LogP contribution in [0.15, 0.2) is 24.3 Å². The summed E-state index contributed by atoms with van der Waals surface area (Å²) >= 11 is 0. The summed E-state index contributed by atoms with van der Waals surface area (Å²) < 4.78 is 13.1. The zero-order chi connectivity index (χ0) is 11.7. The molecule has 0 amide bonds. The number of hydrogen-bond acceptors (Lipinski definition) is 1. The highest BCUT2D eigenvalue weighted by Crippen LogP contribution is 2.42. The van der Waals surface area contributed by atoms with E-state index in [1.165, 1.54) is 12.1 Å². The third-order valence-electron chi connectivity index (χ3n) is 2.79. The minimum absolute atomic E-state index is 0.255. The van der Waals surface area contributed by atoms with Crippen molar-refractivity contribution in [3.63, 3.8) is 0 Å². The third-order valence-corrected chi connectivity index (χ3v) is 2.79. The molecule has 1 aromatic carbocycles. The molecule has 3 heteroatoms. The van der Waals surface area contributed by atoms with Crippen molar-refractivity contribution in [2.75, 3.05) is 0 Å². The molecule has 1 aromatic rings. The fraction of sp³-hybridized carbons (Fsp3) is 0.308. The fourth-order valence-electron chi connectivity index (χ4n) is 1.79. The Bertz CT molecular complexity index is 459. The standard InChI is InChI=1S/C13H13FO2/c1-8-6-10(4-5-12(8)14)11(7-13(15)16)9-2-3-9/h4-7,9H,2-3H2,1H3,(H,15,16). The molecule has 1 N–H and O–H groups in total. The lowest BCUT2D eigenvalue weighted by atomic mass is 9.99. The Morgan fingerprint density at radius 2 is 2.19 bits per heavy atom. The van der Waals surface area contributed by atoms with Gasteiger partial charge in [0.1, 0.15) is 5.82 Å². The number of benzene rings is 1. The van der Waals surface area contributed by atoms with E-state index in [1.807, 2.05) is 0 Å². The van der Waals surface area contributed by atoms with Gasteiger partial charge in [-0.25, -0.2) is 9.18 Å². The molecule has 2 rings (SSSR count). The van der Waals surface area contributed by atoms with Crippen LogP contribution in [0.2, 0.25) is 0 Å². The molecule has 84 valence electrons.